The Bertz CT molecular complexity index is 1130. The number of nitrogens with zero attached hydrogens (tertiary/aromatic N) is 1. The number of carbonyl (C=O) groups is 2. The minimum absolute atomic E-state index is 0.0244. The number of carboxylic acid groups (broad SMARTS) is 1. The van der Waals surface area contributed by atoms with Crippen LogP contribution in [0.25, 0.3) is 10.8 Å². The van der Waals surface area contributed by atoms with Gasteiger partial charge in [0, 0.05) is 17.1 Å². The maximum atomic E-state index is 13.3. The highest BCUT2D eigenvalue weighted by molar-refractivity contribution is 6.16. The van der Waals surface area contributed by atoms with E-state index in [2.05, 4.69) is 4.98 Å². The van der Waals surface area contributed by atoms with Crippen LogP contribution in [-0.2, 0) is 11.2 Å². The third-order valence-electron chi connectivity index (χ3n) is 5.04. The largest absolute Gasteiger partial charge is 0.493 e. The molecule has 8 heteroatoms. The monoisotopic (exact) mass is 457 g/mol. The first kappa shape index (κ1) is 25.6. The number of alkyl halides is 1. The van der Waals surface area contributed by atoms with Crippen molar-refractivity contribution in [3.05, 3.63) is 59.4 Å². The number of hydrogen-bond donors (Lipinski definition) is 1. The van der Waals surface area contributed by atoms with Gasteiger partial charge in [-0.15, -0.1) is 0 Å². The van der Waals surface area contributed by atoms with E-state index in [0.717, 1.165) is 6.42 Å². The van der Waals surface area contributed by atoms with Crippen LogP contribution in [0, 0.1) is 0 Å². The Labute approximate surface area is 192 Å². The average molecular weight is 457 g/mol. The Kier molecular flexibility index (Phi) is 9.15. The molecule has 7 nitrogen and oxygen atoms in total. The highest BCUT2D eigenvalue weighted by Crippen LogP contribution is 2.35. The predicted octanol–water partition coefficient (Wildman–Crippen LogP) is 4.87. The summed E-state index contributed by atoms with van der Waals surface area (Å²) in [5.74, 6) is 0.175. The van der Waals surface area contributed by atoms with Gasteiger partial charge in [-0.3, -0.25) is 19.0 Å². The SMILES string of the molecule is CCC(C)Oc1cccc(C(=O)c2ncc(CC(=O)O)c3cc(OC)c(OC)cc23)c1.CF. The van der Waals surface area contributed by atoms with E-state index >= 15 is 0 Å². The van der Waals surface area contributed by atoms with E-state index in [1.807, 2.05) is 13.8 Å². The van der Waals surface area contributed by atoms with E-state index in [0.29, 0.717) is 46.3 Å². The highest BCUT2D eigenvalue weighted by atomic mass is 19.1. The molecule has 2 aromatic carbocycles. The molecule has 0 spiro atoms. The van der Waals surface area contributed by atoms with Gasteiger partial charge in [-0.1, -0.05) is 19.1 Å². The van der Waals surface area contributed by atoms with E-state index < -0.39 is 5.97 Å². The van der Waals surface area contributed by atoms with E-state index in [4.69, 9.17) is 14.2 Å². The van der Waals surface area contributed by atoms with Gasteiger partial charge in [-0.25, -0.2) is 0 Å². The average Bonchev–Trinajstić information content (AvgIpc) is 2.83. The van der Waals surface area contributed by atoms with Crippen molar-refractivity contribution in [2.24, 2.45) is 0 Å². The van der Waals surface area contributed by atoms with Crippen molar-refractivity contribution in [3.8, 4) is 17.2 Å². The number of aliphatic carboxylic acids is 1. The van der Waals surface area contributed by atoms with Crippen molar-refractivity contribution in [2.45, 2.75) is 32.8 Å². The van der Waals surface area contributed by atoms with Crippen molar-refractivity contribution in [2.75, 3.05) is 21.4 Å². The molecule has 0 amide bonds. The number of fused-ring (bicyclic) bond motifs is 1. The smallest absolute Gasteiger partial charge is 0.307 e. The van der Waals surface area contributed by atoms with Crippen LogP contribution < -0.4 is 14.2 Å². The van der Waals surface area contributed by atoms with Gasteiger partial charge in [-0.2, -0.15) is 0 Å². The molecule has 0 bridgehead atoms. The Balaban J connectivity index is 0.00000187. The van der Waals surface area contributed by atoms with Gasteiger partial charge >= 0.3 is 5.97 Å². The van der Waals surface area contributed by atoms with Gasteiger partial charge < -0.3 is 19.3 Å². The summed E-state index contributed by atoms with van der Waals surface area (Å²) in [6.45, 7) is 3.99. The fourth-order valence-electron chi connectivity index (χ4n) is 3.27. The van der Waals surface area contributed by atoms with Crippen LogP contribution in [0.5, 0.6) is 17.2 Å². The second kappa shape index (κ2) is 11.8. The molecule has 0 saturated heterocycles. The lowest BCUT2D eigenvalue weighted by molar-refractivity contribution is -0.136. The minimum Gasteiger partial charge on any atom is -0.493 e. The number of hydrogen-bond acceptors (Lipinski definition) is 6. The van der Waals surface area contributed by atoms with Crippen LogP contribution in [0.3, 0.4) is 0 Å². The number of carbonyl (C=O) groups excluding carboxylic acids is 1. The topological polar surface area (TPSA) is 95.0 Å². The third-order valence-corrected chi connectivity index (χ3v) is 5.04. The van der Waals surface area contributed by atoms with Gasteiger partial charge in [0.1, 0.15) is 11.4 Å². The first-order chi connectivity index (χ1) is 15.9. The normalized spacial score (nSPS) is 11.2. The van der Waals surface area contributed by atoms with Crippen LogP contribution in [0.15, 0.2) is 42.6 Å². The Morgan fingerprint density at radius 3 is 2.27 bits per heavy atom. The molecule has 0 aliphatic carbocycles. The summed E-state index contributed by atoms with van der Waals surface area (Å²) in [6.07, 6.45) is 2.06. The lowest BCUT2D eigenvalue weighted by Gasteiger charge is -2.15. The minimum atomic E-state index is -0.994. The van der Waals surface area contributed by atoms with Crippen LogP contribution in [0.2, 0.25) is 0 Å². The number of benzene rings is 2. The Hall–Kier alpha value is -3.68. The van der Waals surface area contributed by atoms with Gasteiger partial charge in [0.15, 0.2) is 11.5 Å². The zero-order valence-corrected chi connectivity index (χ0v) is 19.3. The van der Waals surface area contributed by atoms with Crippen LogP contribution in [0.1, 0.15) is 41.9 Å². The molecule has 176 valence electrons. The third kappa shape index (κ3) is 5.97. The lowest BCUT2D eigenvalue weighted by atomic mass is 9.98. The van der Waals surface area contributed by atoms with Crippen LogP contribution >= 0.6 is 0 Å². The Morgan fingerprint density at radius 2 is 1.70 bits per heavy atom. The molecule has 1 N–H and O–H groups in total. The van der Waals surface area contributed by atoms with Gasteiger partial charge in [0.2, 0.25) is 5.78 Å². The summed E-state index contributed by atoms with van der Waals surface area (Å²) in [7, 11) is 3.49. The molecule has 1 heterocycles. The number of rotatable bonds is 9. The summed E-state index contributed by atoms with van der Waals surface area (Å²) in [4.78, 5) is 29.0. The fourth-order valence-corrected chi connectivity index (χ4v) is 3.27. The number of ether oxygens (including phenoxy) is 3. The number of ketones is 1. The standard InChI is InChI=1S/C24H25NO6.CH3F/c1-5-14(2)31-17-8-6-7-15(9-17)24(28)23-19-12-21(30-4)20(29-3)11-18(19)16(13-25-23)10-22(26)27;1-2/h6-9,11-14H,5,10H2,1-4H3,(H,26,27);1H3. The second-order valence-corrected chi connectivity index (χ2v) is 7.15. The summed E-state index contributed by atoms with van der Waals surface area (Å²) >= 11 is 0. The zero-order chi connectivity index (χ0) is 24.5. The van der Waals surface area contributed by atoms with Gasteiger partial charge in [0.05, 0.1) is 33.9 Å². The van der Waals surface area contributed by atoms with Crippen molar-refractivity contribution in [3.63, 3.8) is 0 Å². The first-order valence-corrected chi connectivity index (χ1v) is 10.3. The maximum absolute atomic E-state index is 13.3. The molecule has 1 unspecified atom stereocenters. The van der Waals surface area contributed by atoms with Crippen molar-refractivity contribution >= 4 is 22.5 Å². The van der Waals surface area contributed by atoms with Crippen molar-refractivity contribution < 1.29 is 33.3 Å². The molecule has 1 aromatic heterocycles. The van der Waals surface area contributed by atoms with Crippen LogP contribution in [0.4, 0.5) is 4.39 Å². The summed E-state index contributed by atoms with van der Waals surface area (Å²) in [6, 6.07) is 10.3. The molecule has 0 saturated carbocycles. The van der Waals surface area contributed by atoms with Crippen molar-refractivity contribution in [1.29, 1.82) is 0 Å². The first-order valence-electron chi connectivity index (χ1n) is 10.3. The van der Waals surface area contributed by atoms with Crippen molar-refractivity contribution in [1.82, 2.24) is 4.98 Å². The lowest BCUT2D eigenvalue weighted by Crippen LogP contribution is -2.11. The molecule has 1 atom stereocenters. The summed E-state index contributed by atoms with van der Waals surface area (Å²) in [5.41, 5.74) is 1.11. The molecular weight excluding hydrogens is 429 g/mol. The Morgan fingerprint density at radius 1 is 1.06 bits per heavy atom. The fraction of sp³-hybridized carbons (Fsp3) is 0.320. The van der Waals surface area contributed by atoms with E-state index in [-0.39, 0.29) is 24.0 Å². The predicted molar refractivity (Wildman–Crippen MR) is 123 cm³/mol. The number of halogens is 1. The molecule has 0 aliphatic rings. The zero-order valence-electron chi connectivity index (χ0n) is 19.3. The number of carboxylic acids is 1. The molecule has 3 rings (SSSR count). The van der Waals surface area contributed by atoms with Crippen LogP contribution in [-0.4, -0.2) is 49.3 Å². The molecule has 33 heavy (non-hydrogen) atoms. The maximum Gasteiger partial charge on any atom is 0.307 e. The van der Waals surface area contributed by atoms with E-state index in [1.165, 1.54) is 20.4 Å². The molecule has 0 radical (unpaired) electrons. The quantitative estimate of drug-likeness (QED) is 0.458. The molecule has 0 fully saturated rings. The van der Waals surface area contributed by atoms with Gasteiger partial charge in [-0.05, 0) is 48.6 Å². The summed E-state index contributed by atoms with van der Waals surface area (Å²) < 4.78 is 26.1. The second-order valence-electron chi connectivity index (χ2n) is 7.15. The summed E-state index contributed by atoms with van der Waals surface area (Å²) in [5, 5.41) is 10.3. The van der Waals surface area contributed by atoms with Gasteiger partial charge in [0.25, 0.3) is 0 Å². The number of aromatic nitrogens is 1. The molecule has 0 aliphatic heterocycles. The number of pyridine rings is 1. The highest BCUT2D eigenvalue weighted by Gasteiger charge is 2.20. The molecule has 3 aromatic rings. The molecular formula is C25H28FNO6. The van der Waals surface area contributed by atoms with E-state index in [1.54, 1.807) is 36.4 Å². The van der Waals surface area contributed by atoms with E-state index in [9.17, 15) is 19.1 Å². The number of methoxy groups -OCH3 is 2.